The molecule has 3 aromatic rings. The molecule has 2 aliphatic rings. The largest absolute Gasteiger partial charge is 0.346 e. The zero-order valence-electron chi connectivity index (χ0n) is 16.6. The number of Topliss-reactive ketones (excluding diaryl/α,β-unsaturated/α-hetero) is 1. The third-order valence-electron chi connectivity index (χ3n) is 6.40. The van der Waals surface area contributed by atoms with Crippen LogP contribution in [0.25, 0.3) is 22.1 Å². The summed E-state index contributed by atoms with van der Waals surface area (Å²) in [6.45, 7) is 2.84. The molecule has 3 aromatic heterocycles. The SMILES string of the molecule is N#CCCN1CCC(n2c(CCC(=O)C3CC3)nc3cnc4[nH]ccc4c32)CC1. The molecule has 150 valence electrons. The van der Waals surface area contributed by atoms with Crippen molar-refractivity contribution < 1.29 is 4.79 Å². The number of piperidine rings is 1. The molecule has 0 amide bonds. The number of H-pyrrole nitrogens is 1. The maximum Gasteiger partial charge on any atom is 0.139 e. The summed E-state index contributed by atoms with van der Waals surface area (Å²) in [6, 6.07) is 4.69. The number of imidazole rings is 1. The molecule has 1 aliphatic carbocycles. The van der Waals surface area contributed by atoms with Gasteiger partial charge in [-0.1, -0.05) is 0 Å². The van der Waals surface area contributed by atoms with E-state index in [1.165, 1.54) is 0 Å². The van der Waals surface area contributed by atoms with Gasteiger partial charge in [0.05, 0.1) is 17.8 Å². The van der Waals surface area contributed by atoms with Crippen molar-refractivity contribution in [3.63, 3.8) is 0 Å². The van der Waals surface area contributed by atoms with E-state index in [1.54, 1.807) is 0 Å². The fourth-order valence-corrected chi connectivity index (χ4v) is 4.66. The zero-order valence-corrected chi connectivity index (χ0v) is 16.6. The fourth-order valence-electron chi connectivity index (χ4n) is 4.66. The first-order chi connectivity index (χ1) is 14.2. The van der Waals surface area contributed by atoms with Gasteiger partial charge in [0.15, 0.2) is 0 Å². The number of nitrogens with zero attached hydrogens (tertiary/aromatic N) is 5. The van der Waals surface area contributed by atoms with E-state index in [-0.39, 0.29) is 0 Å². The Morgan fingerprint density at radius 1 is 1.28 bits per heavy atom. The Morgan fingerprint density at radius 2 is 2.10 bits per heavy atom. The number of hydrogen-bond acceptors (Lipinski definition) is 5. The zero-order chi connectivity index (χ0) is 19.8. The normalized spacial score (nSPS) is 18.4. The molecule has 7 heteroatoms. The van der Waals surface area contributed by atoms with Crippen molar-refractivity contribution in [3.8, 4) is 6.07 Å². The van der Waals surface area contributed by atoms with Crippen molar-refractivity contribution >= 4 is 27.9 Å². The maximum atomic E-state index is 12.3. The number of nitrogens with one attached hydrogen (secondary N) is 1. The molecule has 1 saturated carbocycles. The Kier molecular flexibility index (Phi) is 4.80. The second kappa shape index (κ2) is 7.60. The maximum absolute atomic E-state index is 12.3. The monoisotopic (exact) mass is 390 g/mol. The summed E-state index contributed by atoms with van der Waals surface area (Å²) in [5.41, 5.74) is 2.93. The molecule has 0 atom stereocenters. The number of carbonyl (C=O) groups excluding carboxylic acids is 1. The number of rotatable bonds is 7. The molecule has 2 fully saturated rings. The number of aryl methyl sites for hydroxylation is 1. The predicted molar refractivity (Wildman–Crippen MR) is 110 cm³/mol. The van der Waals surface area contributed by atoms with E-state index in [4.69, 9.17) is 10.2 Å². The lowest BCUT2D eigenvalue weighted by atomic mass is 10.0. The van der Waals surface area contributed by atoms with Crippen LogP contribution in [0.2, 0.25) is 0 Å². The van der Waals surface area contributed by atoms with Gasteiger partial charge in [0.2, 0.25) is 0 Å². The summed E-state index contributed by atoms with van der Waals surface area (Å²) >= 11 is 0. The van der Waals surface area contributed by atoms with Gasteiger partial charge < -0.3 is 14.5 Å². The average molecular weight is 390 g/mol. The predicted octanol–water partition coefficient (Wildman–Crippen LogP) is 3.37. The molecule has 0 unspecified atom stereocenters. The second-order valence-corrected chi connectivity index (χ2v) is 8.35. The number of aromatic amines is 1. The lowest BCUT2D eigenvalue weighted by molar-refractivity contribution is -0.120. The van der Waals surface area contributed by atoms with E-state index >= 15 is 0 Å². The minimum absolute atomic E-state index is 0.300. The van der Waals surface area contributed by atoms with Crippen LogP contribution in [-0.2, 0) is 11.2 Å². The third-order valence-corrected chi connectivity index (χ3v) is 6.40. The van der Waals surface area contributed by atoms with Crippen molar-refractivity contribution in [2.45, 2.75) is 51.0 Å². The Balaban J connectivity index is 1.47. The summed E-state index contributed by atoms with van der Waals surface area (Å²) in [6.07, 6.45) is 9.83. The summed E-state index contributed by atoms with van der Waals surface area (Å²) < 4.78 is 2.40. The molecular formula is C22H26N6O. The van der Waals surface area contributed by atoms with Crippen LogP contribution < -0.4 is 0 Å². The first kappa shape index (κ1) is 18.3. The lowest BCUT2D eigenvalue weighted by Crippen LogP contribution is -2.35. The van der Waals surface area contributed by atoms with Gasteiger partial charge in [0.25, 0.3) is 0 Å². The molecule has 1 N–H and O–H groups in total. The summed E-state index contributed by atoms with van der Waals surface area (Å²) in [5.74, 6) is 1.70. The van der Waals surface area contributed by atoms with Gasteiger partial charge in [-0.25, -0.2) is 9.97 Å². The molecule has 4 heterocycles. The molecule has 0 bridgehead atoms. The Morgan fingerprint density at radius 3 is 2.86 bits per heavy atom. The molecule has 5 rings (SSSR count). The van der Waals surface area contributed by atoms with E-state index in [9.17, 15) is 4.79 Å². The number of ketones is 1. The molecular weight excluding hydrogens is 364 g/mol. The standard InChI is InChI=1S/C22H26N6O/c23-9-1-11-27-12-7-16(8-13-27)28-20(5-4-19(29)15-2-3-15)26-18-14-25-22-17(21(18)28)6-10-24-22/h6,10,14-16H,1-5,7-8,11-13H2,(H,24,25). The van der Waals surface area contributed by atoms with Crippen LogP contribution in [0.3, 0.4) is 0 Å². The van der Waals surface area contributed by atoms with Crippen molar-refractivity contribution in [1.82, 2.24) is 24.4 Å². The van der Waals surface area contributed by atoms with Crippen LogP contribution in [0.15, 0.2) is 18.5 Å². The van der Waals surface area contributed by atoms with Gasteiger partial charge in [-0.15, -0.1) is 0 Å². The van der Waals surface area contributed by atoms with Gasteiger partial charge in [0, 0.05) is 62.4 Å². The Hall–Kier alpha value is -2.72. The topological polar surface area (TPSA) is 90.6 Å². The molecule has 0 radical (unpaired) electrons. The molecule has 29 heavy (non-hydrogen) atoms. The number of fused-ring (bicyclic) bond motifs is 3. The highest BCUT2D eigenvalue weighted by atomic mass is 16.1. The third kappa shape index (κ3) is 3.53. The van der Waals surface area contributed by atoms with Crippen molar-refractivity contribution in [1.29, 1.82) is 5.26 Å². The summed E-state index contributed by atoms with van der Waals surface area (Å²) in [7, 11) is 0. The lowest BCUT2D eigenvalue weighted by Gasteiger charge is -2.33. The summed E-state index contributed by atoms with van der Waals surface area (Å²) in [5, 5.41) is 9.95. The van der Waals surface area contributed by atoms with Crippen molar-refractivity contribution in [2.75, 3.05) is 19.6 Å². The minimum atomic E-state index is 0.300. The van der Waals surface area contributed by atoms with Gasteiger partial charge in [0.1, 0.15) is 22.8 Å². The van der Waals surface area contributed by atoms with E-state index in [2.05, 4.69) is 31.6 Å². The van der Waals surface area contributed by atoms with Crippen LogP contribution in [0.5, 0.6) is 0 Å². The van der Waals surface area contributed by atoms with E-state index in [1.807, 2.05) is 12.4 Å². The molecule has 1 aliphatic heterocycles. The smallest absolute Gasteiger partial charge is 0.139 e. The van der Waals surface area contributed by atoms with E-state index in [0.717, 1.165) is 73.2 Å². The van der Waals surface area contributed by atoms with Crippen LogP contribution in [0, 0.1) is 17.2 Å². The van der Waals surface area contributed by atoms with Gasteiger partial charge >= 0.3 is 0 Å². The highest BCUT2D eigenvalue weighted by Gasteiger charge is 2.30. The van der Waals surface area contributed by atoms with E-state index < -0.39 is 0 Å². The van der Waals surface area contributed by atoms with Gasteiger partial charge in [-0.2, -0.15) is 5.26 Å². The van der Waals surface area contributed by atoms with Crippen LogP contribution in [0.1, 0.15) is 50.4 Å². The molecule has 7 nitrogen and oxygen atoms in total. The molecule has 1 saturated heterocycles. The number of nitriles is 1. The Bertz CT molecular complexity index is 1080. The number of hydrogen-bond donors (Lipinski definition) is 1. The number of aromatic nitrogens is 4. The van der Waals surface area contributed by atoms with Crippen LogP contribution in [-0.4, -0.2) is 49.8 Å². The quantitative estimate of drug-likeness (QED) is 0.668. The fraction of sp³-hybridized carbons (Fsp3) is 0.545. The van der Waals surface area contributed by atoms with E-state index in [0.29, 0.717) is 37.0 Å². The molecule has 0 aromatic carbocycles. The van der Waals surface area contributed by atoms with Crippen molar-refractivity contribution in [2.24, 2.45) is 5.92 Å². The first-order valence-corrected chi connectivity index (χ1v) is 10.7. The van der Waals surface area contributed by atoms with Crippen LogP contribution >= 0.6 is 0 Å². The van der Waals surface area contributed by atoms with Crippen LogP contribution in [0.4, 0.5) is 0 Å². The minimum Gasteiger partial charge on any atom is -0.346 e. The number of carbonyl (C=O) groups is 1. The first-order valence-electron chi connectivity index (χ1n) is 10.7. The molecule has 0 spiro atoms. The Labute approximate surface area is 169 Å². The number of pyridine rings is 1. The number of likely N-dealkylation sites (tertiary alicyclic amines) is 1. The van der Waals surface area contributed by atoms with Crippen molar-refractivity contribution in [3.05, 3.63) is 24.3 Å². The second-order valence-electron chi connectivity index (χ2n) is 8.35. The summed E-state index contributed by atoms with van der Waals surface area (Å²) in [4.78, 5) is 27.3. The van der Waals surface area contributed by atoms with Gasteiger partial charge in [-0.3, -0.25) is 4.79 Å². The average Bonchev–Trinajstić information content (AvgIpc) is 3.37. The highest BCUT2D eigenvalue weighted by Crippen LogP contribution is 2.34. The highest BCUT2D eigenvalue weighted by molar-refractivity contribution is 6.01. The van der Waals surface area contributed by atoms with Gasteiger partial charge in [-0.05, 0) is 31.7 Å².